The van der Waals surface area contributed by atoms with Gasteiger partial charge in [0.2, 0.25) is 0 Å². The number of sulfone groups is 1. The van der Waals surface area contributed by atoms with Crippen molar-refractivity contribution >= 4 is 16.1 Å². The molecular weight excluding hydrogens is 240 g/mol. The summed E-state index contributed by atoms with van der Waals surface area (Å²) in [6.07, 6.45) is 1.27. The van der Waals surface area contributed by atoms with E-state index in [-0.39, 0.29) is 24.3 Å². The minimum atomic E-state index is -3.11. The van der Waals surface area contributed by atoms with Gasteiger partial charge in [0, 0.05) is 12.0 Å². The van der Waals surface area contributed by atoms with Gasteiger partial charge in [0.05, 0.1) is 17.1 Å². The number of carbonyl (C=O) groups is 1. The maximum atomic E-state index is 11.3. The van der Waals surface area contributed by atoms with E-state index in [1.165, 1.54) is 0 Å². The molecule has 1 unspecified atom stereocenters. The number of rotatable bonds is 3. The van der Waals surface area contributed by atoms with Crippen molar-refractivity contribution in [2.45, 2.75) is 18.4 Å². The van der Waals surface area contributed by atoms with Crippen molar-refractivity contribution in [1.29, 1.82) is 0 Å². The van der Waals surface area contributed by atoms with Crippen LogP contribution in [0.5, 0.6) is 0 Å². The van der Waals surface area contributed by atoms with E-state index in [0.29, 0.717) is 5.56 Å². The molecule has 0 bridgehead atoms. The quantitative estimate of drug-likeness (QED) is 0.801. The van der Waals surface area contributed by atoms with Gasteiger partial charge >= 0.3 is 0 Å². The Balaban J connectivity index is 2.18. The molecule has 1 aliphatic rings. The van der Waals surface area contributed by atoms with Gasteiger partial charge in [-0.2, -0.15) is 0 Å². The fourth-order valence-corrected chi connectivity index (χ4v) is 4.10. The van der Waals surface area contributed by atoms with E-state index in [2.05, 4.69) is 0 Å². The van der Waals surface area contributed by atoms with E-state index in [0.717, 1.165) is 11.8 Å². The number of aliphatic hydroxyl groups is 1. The summed E-state index contributed by atoms with van der Waals surface area (Å²) in [5.41, 5.74) is 0.140. The lowest BCUT2D eigenvalue weighted by Gasteiger charge is -2.20. The van der Waals surface area contributed by atoms with Crippen molar-refractivity contribution in [1.82, 2.24) is 0 Å². The molecule has 1 fully saturated rings. The molecule has 0 spiro atoms. The Labute approximate surface area is 100 Å². The summed E-state index contributed by atoms with van der Waals surface area (Å²) in [6.45, 7) is 0. The maximum Gasteiger partial charge on any atom is 0.153 e. The summed E-state index contributed by atoms with van der Waals surface area (Å²) in [4.78, 5) is 10.6. The second-order valence-corrected chi connectivity index (χ2v) is 6.79. The highest BCUT2D eigenvalue weighted by atomic mass is 32.2. The number of hydrogen-bond acceptors (Lipinski definition) is 4. The van der Waals surface area contributed by atoms with E-state index in [1.54, 1.807) is 24.3 Å². The Morgan fingerprint density at radius 3 is 2.76 bits per heavy atom. The SMILES string of the molecule is O=Cc1cccc(CC2(O)CCS(=O)(=O)C2)c1. The van der Waals surface area contributed by atoms with Crippen LogP contribution in [0.3, 0.4) is 0 Å². The van der Waals surface area contributed by atoms with Gasteiger partial charge in [-0.25, -0.2) is 8.42 Å². The van der Waals surface area contributed by atoms with Crippen LogP contribution < -0.4 is 0 Å². The van der Waals surface area contributed by atoms with Gasteiger partial charge in [-0.3, -0.25) is 4.79 Å². The normalized spacial score (nSPS) is 26.9. The van der Waals surface area contributed by atoms with E-state index in [1.807, 2.05) is 0 Å². The largest absolute Gasteiger partial charge is 0.388 e. The van der Waals surface area contributed by atoms with Gasteiger partial charge in [-0.1, -0.05) is 18.2 Å². The zero-order chi connectivity index (χ0) is 12.5. The number of aldehydes is 1. The molecule has 4 nitrogen and oxygen atoms in total. The molecule has 0 radical (unpaired) electrons. The number of carbonyl (C=O) groups excluding carboxylic acids is 1. The summed E-state index contributed by atoms with van der Waals surface area (Å²) in [7, 11) is -3.11. The first-order valence-corrected chi connectivity index (χ1v) is 7.22. The molecule has 0 amide bonds. The zero-order valence-electron chi connectivity index (χ0n) is 9.30. The van der Waals surface area contributed by atoms with Crippen molar-refractivity contribution in [2.75, 3.05) is 11.5 Å². The summed E-state index contributed by atoms with van der Waals surface area (Å²) < 4.78 is 22.7. The van der Waals surface area contributed by atoms with Crippen LogP contribution in [0.2, 0.25) is 0 Å². The topological polar surface area (TPSA) is 71.4 Å². The third-order valence-corrected chi connectivity index (χ3v) is 4.79. The summed E-state index contributed by atoms with van der Waals surface area (Å²) >= 11 is 0. The van der Waals surface area contributed by atoms with Gasteiger partial charge in [-0.15, -0.1) is 0 Å². The number of hydrogen-bond donors (Lipinski definition) is 1. The minimum absolute atomic E-state index is 0.0386. The molecule has 2 rings (SSSR count). The van der Waals surface area contributed by atoms with E-state index >= 15 is 0 Å². The molecule has 1 atom stereocenters. The molecule has 1 aromatic rings. The molecule has 0 aromatic heterocycles. The molecule has 5 heteroatoms. The van der Waals surface area contributed by atoms with Crippen molar-refractivity contribution in [3.05, 3.63) is 35.4 Å². The smallest absolute Gasteiger partial charge is 0.153 e. The van der Waals surface area contributed by atoms with Crippen LogP contribution in [-0.2, 0) is 16.3 Å². The molecule has 17 heavy (non-hydrogen) atoms. The maximum absolute atomic E-state index is 11.3. The predicted molar refractivity (Wildman–Crippen MR) is 63.8 cm³/mol. The highest BCUT2D eigenvalue weighted by Gasteiger charge is 2.40. The molecule has 1 heterocycles. The van der Waals surface area contributed by atoms with E-state index in [9.17, 15) is 18.3 Å². The first-order chi connectivity index (χ1) is 7.92. The number of benzene rings is 1. The Morgan fingerprint density at radius 1 is 1.41 bits per heavy atom. The van der Waals surface area contributed by atoms with Gasteiger partial charge in [0.1, 0.15) is 6.29 Å². The van der Waals surface area contributed by atoms with Gasteiger partial charge in [0.25, 0.3) is 0 Å². The molecular formula is C12H14O4S. The lowest BCUT2D eigenvalue weighted by Crippen LogP contribution is -2.32. The highest BCUT2D eigenvalue weighted by Crippen LogP contribution is 2.27. The van der Waals surface area contributed by atoms with E-state index < -0.39 is 15.4 Å². The summed E-state index contributed by atoms with van der Waals surface area (Å²) in [5, 5.41) is 10.2. The first-order valence-electron chi connectivity index (χ1n) is 5.39. The molecule has 1 aromatic carbocycles. The molecule has 0 aliphatic carbocycles. The van der Waals surface area contributed by atoms with Crippen molar-refractivity contribution in [3.8, 4) is 0 Å². The van der Waals surface area contributed by atoms with Crippen LogP contribution in [0.25, 0.3) is 0 Å². The van der Waals surface area contributed by atoms with E-state index in [4.69, 9.17) is 0 Å². The molecule has 1 aliphatic heterocycles. The van der Waals surface area contributed by atoms with Crippen molar-refractivity contribution in [2.24, 2.45) is 0 Å². The Bertz CT molecular complexity index is 535. The predicted octanol–water partition coefficient (Wildman–Crippen LogP) is 0.591. The monoisotopic (exact) mass is 254 g/mol. The Kier molecular flexibility index (Phi) is 3.05. The van der Waals surface area contributed by atoms with Crippen LogP contribution in [-0.4, -0.2) is 36.9 Å². The minimum Gasteiger partial charge on any atom is -0.388 e. The lowest BCUT2D eigenvalue weighted by atomic mass is 9.93. The standard InChI is InChI=1S/C12H14O4S/c13-8-11-3-1-2-10(6-11)7-12(14)4-5-17(15,16)9-12/h1-3,6,8,14H,4-5,7,9H2. The lowest BCUT2D eigenvalue weighted by molar-refractivity contribution is 0.0681. The first kappa shape index (κ1) is 12.3. The fraction of sp³-hybridized carbons (Fsp3) is 0.417. The fourth-order valence-electron chi connectivity index (χ4n) is 2.19. The molecule has 1 N–H and O–H groups in total. The molecule has 92 valence electrons. The Morgan fingerprint density at radius 2 is 2.18 bits per heavy atom. The average Bonchev–Trinajstić information content (AvgIpc) is 2.53. The molecule has 1 saturated heterocycles. The zero-order valence-corrected chi connectivity index (χ0v) is 10.1. The third-order valence-electron chi connectivity index (χ3n) is 2.99. The van der Waals surface area contributed by atoms with Crippen LogP contribution >= 0.6 is 0 Å². The summed E-state index contributed by atoms with van der Waals surface area (Å²) in [6, 6.07) is 6.86. The third kappa shape index (κ3) is 2.92. The average molecular weight is 254 g/mol. The van der Waals surface area contributed by atoms with Gasteiger partial charge in [-0.05, 0) is 18.1 Å². The van der Waals surface area contributed by atoms with Crippen molar-refractivity contribution in [3.63, 3.8) is 0 Å². The van der Waals surface area contributed by atoms with Crippen LogP contribution in [0.4, 0.5) is 0 Å². The van der Waals surface area contributed by atoms with Gasteiger partial charge < -0.3 is 5.11 Å². The van der Waals surface area contributed by atoms with Crippen molar-refractivity contribution < 1.29 is 18.3 Å². The second kappa shape index (κ2) is 4.23. The Hall–Kier alpha value is -1.20. The van der Waals surface area contributed by atoms with Crippen LogP contribution in [0, 0.1) is 0 Å². The van der Waals surface area contributed by atoms with Gasteiger partial charge in [0.15, 0.2) is 9.84 Å². The summed E-state index contributed by atoms with van der Waals surface area (Å²) in [5.74, 6) is -0.151. The highest BCUT2D eigenvalue weighted by molar-refractivity contribution is 7.91. The molecule has 0 saturated carbocycles. The van der Waals surface area contributed by atoms with Crippen LogP contribution in [0.1, 0.15) is 22.3 Å². The van der Waals surface area contributed by atoms with Crippen LogP contribution in [0.15, 0.2) is 24.3 Å². The second-order valence-electron chi connectivity index (χ2n) is 4.61.